The summed E-state index contributed by atoms with van der Waals surface area (Å²) in [6, 6.07) is 8.41. The van der Waals surface area contributed by atoms with E-state index in [-0.39, 0.29) is 6.54 Å². The van der Waals surface area contributed by atoms with E-state index in [9.17, 15) is 24.9 Å². The molecule has 3 N–H and O–H groups in total. The number of pyridine rings is 2. The van der Waals surface area contributed by atoms with Crippen LogP contribution in [0.4, 0.5) is 0 Å². The molecule has 0 spiro atoms. The lowest BCUT2D eigenvalue weighted by atomic mass is 10.1. The van der Waals surface area contributed by atoms with E-state index in [2.05, 4.69) is 9.97 Å². The first-order chi connectivity index (χ1) is 14.5. The highest BCUT2D eigenvalue weighted by molar-refractivity contribution is 5.62. The Balaban J connectivity index is 1.67. The fraction of sp³-hybridized carbons (Fsp3) is 0.300. The maximum absolute atomic E-state index is 12.9. The average molecular weight is 412 g/mol. The molecule has 0 aliphatic carbocycles. The molecular formula is C20H20N4O6. The molecule has 156 valence electrons. The molecule has 30 heavy (non-hydrogen) atoms. The van der Waals surface area contributed by atoms with Gasteiger partial charge in [0, 0.05) is 36.4 Å². The van der Waals surface area contributed by atoms with Gasteiger partial charge in [-0.2, -0.15) is 0 Å². The fourth-order valence-corrected chi connectivity index (χ4v) is 3.42. The van der Waals surface area contributed by atoms with Gasteiger partial charge in [0.2, 0.25) is 0 Å². The molecule has 0 saturated carbocycles. The number of hydrogen-bond donors (Lipinski definition) is 3. The van der Waals surface area contributed by atoms with E-state index in [1.807, 2.05) is 6.07 Å². The lowest BCUT2D eigenvalue weighted by Crippen LogP contribution is -2.43. The molecule has 0 bridgehead atoms. The van der Waals surface area contributed by atoms with E-state index in [4.69, 9.17) is 4.74 Å². The zero-order valence-corrected chi connectivity index (χ0v) is 15.8. The standard InChI is InChI=1S/C20H20N4O6/c25-11-15-17(27)18(28)19(30-15)23-7-4-16(26)24(20(23)29)10-14-8-12(3-6-22-14)13-2-1-5-21-9-13/h1-9,15,17-19,25,27-28H,10-11H2/t15-,17+,18?,19-/m1/s1. The van der Waals surface area contributed by atoms with E-state index in [0.29, 0.717) is 5.69 Å². The Kier molecular flexibility index (Phi) is 5.55. The van der Waals surface area contributed by atoms with E-state index < -0.39 is 42.4 Å². The molecule has 4 atom stereocenters. The van der Waals surface area contributed by atoms with Crippen LogP contribution in [-0.4, -0.2) is 59.3 Å². The molecule has 1 fully saturated rings. The summed E-state index contributed by atoms with van der Waals surface area (Å²) in [4.78, 5) is 33.6. The molecule has 1 unspecified atom stereocenters. The minimum atomic E-state index is -1.43. The molecule has 0 radical (unpaired) electrons. The number of aliphatic hydroxyl groups excluding tert-OH is 3. The fourth-order valence-electron chi connectivity index (χ4n) is 3.42. The van der Waals surface area contributed by atoms with Crippen molar-refractivity contribution in [1.29, 1.82) is 0 Å². The largest absolute Gasteiger partial charge is 0.394 e. The number of aromatic nitrogens is 4. The van der Waals surface area contributed by atoms with Gasteiger partial charge in [-0.15, -0.1) is 0 Å². The average Bonchev–Trinajstić information content (AvgIpc) is 3.06. The predicted octanol–water partition coefficient (Wildman–Crippen LogP) is -0.873. The smallest absolute Gasteiger partial charge is 0.333 e. The summed E-state index contributed by atoms with van der Waals surface area (Å²) >= 11 is 0. The van der Waals surface area contributed by atoms with Crippen molar-refractivity contribution in [3.63, 3.8) is 0 Å². The van der Waals surface area contributed by atoms with E-state index >= 15 is 0 Å². The molecule has 4 heterocycles. The minimum Gasteiger partial charge on any atom is -0.394 e. The highest BCUT2D eigenvalue weighted by Gasteiger charge is 2.43. The van der Waals surface area contributed by atoms with Gasteiger partial charge in [0.25, 0.3) is 5.56 Å². The summed E-state index contributed by atoms with van der Waals surface area (Å²) in [7, 11) is 0. The van der Waals surface area contributed by atoms with Crippen LogP contribution in [0.1, 0.15) is 11.9 Å². The van der Waals surface area contributed by atoms with Crippen LogP contribution in [0.5, 0.6) is 0 Å². The van der Waals surface area contributed by atoms with Crippen LogP contribution in [0.25, 0.3) is 11.1 Å². The van der Waals surface area contributed by atoms with Crippen molar-refractivity contribution < 1.29 is 20.1 Å². The van der Waals surface area contributed by atoms with E-state index in [1.165, 1.54) is 12.3 Å². The summed E-state index contributed by atoms with van der Waals surface area (Å²) in [5.74, 6) is 0. The van der Waals surface area contributed by atoms with Gasteiger partial charge in [-0.25, -0.2) is 4.79 Å². The van der Waals surface area contributed by atoms with Gasteiger partial charge < -0.3 is 20.1 Å². The number of aliphatic hydroxyl groups is 3. The SMILES string of the molecule is O=c1ccn([C@@H]2O[C@H](CO)[C@H](O)C2O)c(=O)n1Cc1cc(-c2cccnc2)ccn1. The molecule has 3 aromatic heterocycles. The van der Waals surface area contributed by atoms with Gasteiger partial charge in [-0.3, -0.25) is 23.9 Å². The Bertz CT molecular complexity index is 1150. The second-order valence-corrected chi connectivity index (χ2v) is 6.94. The molecule has 10 heteroatoms. The summed E-state index contributed by atoms with van der Waals surface area (Å²) in [6.45, 7) is -0.615. The molecular weight excluding hydrogens is 392 g/mol. The number of ether oxygens (including phenoxy) is 1. The Morgan fingerprint density at radius 3 is 2.60 bits per heavy atom. The summed E-state index contributed by atoms with van der Waals surface area (Å²) in [6.07, 6.45) is 1.08. The first-order valence-electron chi connectivity index (χ1n) is 9.29. The molecule has 0 amide bonds. The topological polar surface area (TPSA) is 140 Å². The monoisotopic (exact) mass is 412 g/mol. The van der Waals surface area contributed by atoms with Crippen molar-refractivity contribution in [2.24, 2.45) is 0 Å². The highest BCUT2D eigenvalue weighted by atomic mass is 16.6. The third-order valence-electron chi connectivity index (χ3n) is 5.02. The van der Waals surface area contributed by atoms with E-state index in [0.717, 1.165) is 20.3 Å². The maximum atomic E-state index is 12.9. The van der Waals surface area contributed by atoms with Crippen LogP contribution < -0.4 is 11.2 Å². The normalized spacial score (nSPS) is 23.6. The van der Waals surface area contributed by atoms with Gasteiger partial charge >= 0.3 is 5.69 Å². The van der Waals surface area contributed by atoms with Gasteiger partial charge in [0.05, 0.1) is 18.8 Å². The van der Waals surface area contributed by atoms with Crippen LogP contribution in [0, 0.1) is 0 Å². The molecule has 4 rings (SSSR count). The lowest BCUT2D eigenvalue weighted by Gasteiger charge is -2.18. The quantitative estimate of drug-likeness (QED) is 0.491. The van der Waals surface area contributed by atoms with Crippen molar-refractivity contribution in [3.05, 3.63) is 81.7 Å². The Labute approximate surface area is 170 Å². The van der Waals surface area contributed by atoms with Crippen molar-refractivity contribution in [2.45, 2.75) is 31.1 Å². The third kappa shape index (κ3) is 3.68. The summed E-state index contributed by atoms with van der Waals surface area (Å²) in [5.41, 5.74) is 0.906. The Morgan fingerprint density at radius 2 is 1.90 bits per heavy atom. The first kappa shape index (κ1) is 20.1. The Hall–Kier alpha value is -3.18. The zero-order valence-electron chi connectivity index (χ0n) is 15.8. The van der Waals surface area contributed by atoms with Crippen LogP contribution >= 0.6 is 0 Å². The first-order valence-corrected chi connectivity index (χ1v) is 9.29. The van der Waals surface area contributed by atoms with Gasteiger partial charge in [0.15, 0.2) is 6.23 Å². The molecule has 1 aliphatic rings. The van der Waals surface area contributed by atoms with Crippen LogP contribution in [0.3, 0.4) is 0 Å². The third-order valence-corrected chi connectivity index (χ3v) is 5.02. The van der Waals surface area contributed by atoms with Crippen LogP contribution in [0.15, 0.2) is 64.7 Å². The molecule has 1 saturated heterocycles. The molecule has 10 nitrogen and oxygen atoms in total. The maximum Gasteiger partial charge on any atom is 0.333 e. The molecule has 1 aliphatic heterocycles. The Morgan fingerprint density at radius 1 is 1.07 bits per heavy atom. The van der Waals surface area contributed by atoms with Crippen LogP contribution in [0.2, 0.25) is 0 Å². The lowest BCUT2D eigenvalue weighted by molar-refractivity contribution is -0.0555. The summed E-state index contributed by atoms with van der Waals surface area (Å²) < 4.78 is 7.39. The molecule has 0 aromatic carbocycles. The highest BCUT2D eigenvalue weighted by Crippen LogP contribution is 2.27. The predicted molar refractivity (Wildman–Crippen MR) is 105 cm³/mol. The van der Waals surface area contributed by atoms with Crippen molar-refractivity contribution in [3.8, 4) is 11.1 Å². The minimum absolute atomic E-state index is 0.0958. The van der Waals surface area contributed by atoms with Crippen molar-refractivity contribution >= 4 is 0 Å². The second-order valence-electron chi connectivity index (χ2n) is 6.94. The number of rotatable bonds is 5. The number of nitrogens with zero attached hydrogens (tertiary/aromatic N) is 4. The van der Waals surface area contributed by atoms with Gasteiger partial charge in [0.1, 0.15) is 18.3 Å². The molecule has 3 aromatic rings. The van der Waals surface area contributed by atoms with Gasteiger partial charge in [-0.1, -0.05) is 6.07 Å². The summed E-state index contributed by atoms with van der Waals surface area (Å²) in [5, 5.41) is 29.4. The van der Waals surface area contributed by atoms with E-state index in [1.54, 1.807) is 36.8 Å². The van der Waals surface area contributed by atoms with Crippen molar-refractivity contribution in [2.75, 3.05) is 6.61 Å². The number of hydrogen-bond acceptors (Lipinski definition) is 8. The zero-order chi connectivity index (χ0) is 21.3. The second kappa shape index (κ2) is 8.28. The van der Waals surface area contributed by atoms with Crippen molar-refractivity contribution in [1.82, 2.24) is 19.1 Å². The van der Waals surface area contributed by atoms with Crippen LogP contribution in [-0.2, 0) is 11.3 Å². The van der Waals surface area contributed by atoms with Gasteiger partial charge in [-0.05, 0) is 23.8 Å².